The Hall–Kier alpha value is -1.49. The summed E-state index contributed by atoms with van der Waals surface area (Å²) in [5.41, 5.74) is 0. The first-order valence-electron chi connectivity index (χ1n) is 6.39. The zero-order valence-corrected chi connectivity index (χ0v) is 12.1. The molecule has 0 amide bonds. The molecule has 0 aromatic carbocycles. The molecule has 1 aliphatic heterocycles. The van der Waals surface area contributed by atoms with Crippen molar-refractivity contribution in [2.24, 2.45) is 0 Å². The Balaban J connectivity index is 2.17. The number of aliphatic carboxylic acids is 1. The van der Waals surface area contributed by atoms with Crippen LogP contribution in [0.5, 0.6) is 0 Å². The lowest BCUT2D eigenvalue weighted by atomic mass is 9.99. The van der Waals surface area contributed by atoms with Gasteiger partial charge in [-0.3, -0.25) is 0 Å². The number of ether oxygens (including phenoxy) is 2. The van der Waals surface area contributed by atoms with Crippen LogP contribution in [0.25, 0.3) is 6.08 Å². The maximum Gasteiger partial charge on any atom is 0.371 e. The third-order valence-electron chi connectivity index (χ3n) is 3.12. The van der Waals surface area contributed by atoms with Crippen LogP contribution in [-0.4, -0.2) is 68.8 Å². The van der Waals surface area contributed by atoms with E-state index in [1.54, 1.807) is 17.5 Å². The SMILES string of the molecule is O=C(O)/C(=C/c1cccs1)O[C@H]1O[C@@H](CO)[C@@H](O)[C@@H](O)[C@@H]1O. The minimum absolute atomic E-state index is 0.494. The molecule has 1 saturated heterocycles. The number of aliphatic hydroxyl groups excluding tert-OH is 4. The molecule has 22 heavy (non-hydrogen) atoms. The van der Waals surface area contributed by atoms with Crippen molar-refractivity contribution in [3.05, 3.63) is 28.1 Å². The molecule has 0 spiro atoms. The molecular weight excluding hydrogens is 316 g/mol. The minimum Gasteiger partial charge on any atom is -0.475 e. The van der Waals surface area contributed by atoms with Crippen LogP contribution in [0.3, 0.4) is 0 Å². The molecule has 5 N–H and O–H groups in total. The molecule has 0 radical (unpaired) electrons. The van der Waals surface area contributed by atoms with Gasteiger partial charge in [0.05, 0.1) is 6.61 Å². The van der Waals surface area contributed by atoms with Crippen molar-refractivity contribution in [2.75, 3.05) is 6.61 Å². The van der Waals surface area contributed by atoms with Crippen LogP contribution in [0.1, 0.15) is 4.88 Å². The van der Waals surface area contributed by atoms with E-state index in [-0.39, 0.29) is 0 Å². The van der Waals surface area contributed by atoms with Crippen molar-refractivity contribution in [3.63, 3.8) is 0 Å². The fourth-order valence-electron chi connectivity index (χ4n) is 1.94. The van der Waals surface area contributed by atoms with Crippen LogP contribution in [0, 0.1) is 0 Å². The van der Waals surface area contributed by atoms with Gasteiger partial charge in [0.25, 0.3) is 0 Å². The Morgan fingerprint density at radius 2 is 2.05 bits per heavy atom. The number of hydrogen-bond donors (Lipinski definition) is 5. The van der Waals surface area contributed by atoms with Crippen molar-refractivity contribution >= 4 is 23.4 Å². The molecule has 8 nitrogen and oxygen atoms in total. The quantitative estimate of drug-likeness (QED) is 0.342. The molecule has 2 heterocycles. The standard InChI is InChI=1S/C13H16O8S/c14-5-8-9(15)10(16)11(17)13(21-8)20-7(12(18)19)4-6-2-1-3-22-6/h1-4,8-11,13-17H,5H2,(H,18,19)/b7-4-/t8-,9+,10+,11-,13-/m0/s1. The van der Waals surface area contributed by atoms with E-state index < -0.39 is 49.0 Å². The van der Waals surface area contributed by atoms with E-state index in [0.717, 1.165) is 0 Å². The van der Waals surface area contributed by atoms with Gasteiger partial charge in [-0.2, -0.15) is 0 Å². The molecule has 0 aliphatic carbocycles. The van der Waals surface area contributed by atoms with Crippen LogP contribution in [0.4, 0.5) is 0 Å². The smallest absolute Gasteiger partial charge is 0.371 e. The van der Waals surface area contributed by atoms with Crippen molar-refractivity contribution in [3.8, 4) is 0 Å². The number of hydrogen-bond acceptors (Lipinski definition) is 8. The van der Waals surface area contributed by atoms with Crippen LogP contribution >= 0.6 is 11.3 Å². The number of rotatable bonds is 5. The van der Waals surface area contributed by atoms with Gasteiger partial charge in [0.1, 0.15) is 24.4 Å². The second-order valence-electron chi connectivity index (χ2n) is 4.64. The highest BCUT2D eigenvalue weighted by Gasteiger charge is 2.45. The number of carboxylic acids is 1. The van der Waals surface area contributed by atoms with Gasteiger partial charge in [-0.25, -0.2) is 4.79 Å². The molecular formula is C13H16O8S. The van der Waals surface area contributed by atoms with Gasteiger partial charge in [0.2, 0.25) is 12.0 Å². The first kappa shape index (κ1) is 16.9. The van der Waals surface area contributed by atoms with Crippen LogP contribution in [0.15, 0.2) is 23.3 Å². The van der Waals surface area contributed by atoms with Gasteiger partial charge < -0.3 is 35.0 Å². The zero-order chi connectivity index (χ0) is 16.3. The fraction of sp³-hybridized carbons (Fsp3) is 0.462. The van der Waals surface area contributed by atoms with E-state index in [0.29, 0.717) is 4.88 Å². The topological polar surface area (TPSA) is 137 Å². The van der Waals surface area contributed by atoms with Gasteiger partial charge in [0.15, 0.2) is 0 Å². The highest BCUT2D eigenvalue weighted by molar-refractivity contribution is 7.10. The predicted octanol–water partition coefficient (Wildman–Crippen LogP) is -1.01. The van der Waals surface area contributed by atoms with E-state index in [1.165, 1.54) is 17.4 Å². The summed E-state index contributed by atoms with van der Waals surface area (Å²) in [6.45, 7) is -0.623. The largest absolute Gasteiger partial charge is 0.475 e. The van der Waals surface area contributed by atoms with Crippen LogP contribution < -0.4 is 0 Å². The van der Waals surface area contributed by atoms with E-state index in [4.69, 9.17) is 19.7 Å². The molecule has 1 fully saturated rings. The molecule has 0 unspecified atom stereocenters. The average molecular weight is 332 g/mol. The van der Waals surface area contributed by atoms with E-state index in [9.17, 15) is 20.1 Å². The molecule has 9 heteroatoms. The fourth-order valence-corrected chi connectivity index (χ4v) is 2.59. The Labute approximate surface area is 129 Å². The summed E-state index contributed by atoms with van der Waals surface area (Å²) >= 11 is 1.29. The van der Waals surface area contributed by atoms with Gasteiger partial charge in [-0.1, -0.05) is 6.07 Å². The molecule has 122 valence electrons. The summed E-state index contributed by atoms with van der Waals surface area (Å²) in [4.78, 5) is 11.8. The van der Waals surface area contributed by atoms with Gasteiger partial charge >= 0.3 is 5.97 Å². The Kier molecular flexibility index (Phi) is 5.51. The van der Waals surface area contributed by atoms with Crippen molar-refractivity contribution in [1.29, 1.82) is 0 Å². The normalized spacial score (nSPS) is 32.7. The average Bonchev–Trinajstić information content (AvgIpc) is 2.99. The predicted molar refractivity (Wildman–Crippen MR) is 74.8 cm³/mol. The van der Waals surface area contributed by atoms with E-state index >= 15 is 0 Å². The lowest BCUT2D eigenvalue weighted by Gasteiger charge is -2.39. The van der Waals surface area contributed by atoms with Crippen molar-refractivity contribution < 1.29 is 39.8 Å². The first-order chi connectivity index (χ1) is 10.4. The minimum atomic E-state index is -1.66. The summed E-state index contributed by atoms with van der Waals surface area (Å²) in [6.07, 6.45) is -6.28. The zero-order valence-electron chi connectivity index (χ0n) is 11.3. The summed E-state index contributed by atoms with van der Waals surface area (Å²) in [5, 5.41) is 49.1. The second-order valence-corrected chi connectivity index (χ2v) is 5.62. The molecule has 1 aromatic heterocycles. The Morgan fingerprint density at radius 3 is 2.59 bits per heavy atom. The van der Waals surface area contributed by atoms with E-state index in [2.05, 4.69) is 0 Å². The molecule has 0 bridgehead atoms. The third-order valence-corrected chi connectivity index (χ3v) is 3.94. The molecule has 0 saturated carbocycles. The van der Waals surface area contributed by atoms with Crippen LogP contribution in [-0.2, 0) is 14.3 Å². The summed E-state index contributed by atoms with van der Waals surface area (Å²) in [6, 6.07) is 3.40. The van der Waals surface area contributed by atoms with Gasteiger partial charge in [-0.05, 0) is 11.4 Å². The summed E-state index contributed by atoms with van der Waals surface area (Å²) in [5.74, 6) is -1.88. The number of carbonyl (C=O) groups is 1. The molecule has 2 rings (SSSR count). The monoisotopic (exact) mass is 332 g/mol. The van der Waals surface area contributed by atoms with Gasteiger partial charge in [-0.15, -0.1) is 11.3 Å². The van der Waals surface area contributed by atoms with Crippen LogP contribution in [0.2, 0.25) is 0 Å². The third kappa shape index (κ3) is 3.64. The molecule has 1 aromatic rings. The lowest BCUT2D eigenvalue weighted by molar-refractivity contribution is -0.291. The molecule has 1 aliphatic rings. The second kappa shape index (κ2) is 7.18. The lowest BCUT2D eigenvalue weighted by Crippen LogP contribution is -2.59. The maximum atomic E-state index is 11.2. The summed E-state index contributed by atoms with van der Waals surface area (Å²) < 4.78 is 10.2. The highest BCUT2D eigenvalue weighted by Crippen LogP contribution is 2.25. The van der Waals surface area contributed by atoms with E-state index in [1.807, 2.05) is 0 Å². The first-order valence-corrected chi connectivity index (χ1v) is 7.27. The van der Waals surface area contributed by atoms with Crippen molar-refractivity contribution in [2.45, 2.75) is 30.7 Å². The van der Waals surface area contributed by atoms with Crippen molar-refractivity contribution in [1.82, 2.24) is 0 Å². The van der Waals surface area contributed by atoms with Gasteiger partial charge in [0, 0.05) is 11.0 Å². The number of aliphatic hydroxyl groups is 4. The number of thiophene rings is 1. The highest BCUT2D eigenvalue weighted by atomic mass is 32.1. The Bertz CT molecular complexity index is 526. The summed E-state index contributed by atoms with van der Waals surface area (Å²) in [7, 11) is 0. The maximum absolute atomic E-state index is 11.2. The number of carboxylic acid groups (broad SMARTS) is 1. The Morgan fingerprint density at radius 1 is 1.32 bits per heavy atom. The molecule has 5 atom stereocenters.